The fourth-order valence-corrected chi connectivity index (χ4v) is 10.4. The number of carboxylic acids is 1. The Hall–Kier alpha value is -2.53. The molecule has 23 nitrogen and oxygen atoms in total. The van der Waals surface area contributed by atoms with Crippen molar-refractivity contribution in [3.8, 4) is 0 Å². The molecule has 3 rings (SSSR count). The second-order valence-electron chi connectivity index (χ2n) is 22.9. The Kier molecular flexibility index (Phi) is 35.9. The van der Waals surface area contributed by atoms with Crippen molar-refractivity contribution in [2.24, 2.45) is 5.92 Å². The average molecular weight is 1170 g/mol. The van der Waals surface area contributed by atoms with E-state index in [1.165, 1.54) is 96.8 Å². The van der Waals surface area contributed by atoms with Crippen LogP contribution >= 0.6 is 0 Å². The number of allylic oxidation sites excluding steroid dienone is 1. The molecule has 0 radical (unpaired) electrons. The van der Waals surface area contributed by atoms with E-state index >= 15 is 0 Å². The van der Waals surface area contributed by atoms with Crippen LogP contribution in [0.4, 0.5) is 0 Å². The van der Waals surface area contributed by atoms with Gasteiger partial charge in [-0.1, -0.05) is 168 Å². The first-order valence-corrected chi connectivity index (χ1v) is 30.5. The van der Waals surface area contributed by atoms with E-state index < -0.39 is 155 Å². The Balaban J connectivity index is 1.64. The van der Waals surface area contributed by atoms with Gasteiger partial charge in [-0.15, -0.1) is 0 Å². The molecule has 0 saturated carbocycles. The average Bonchev–Trinajstić information content (AvgIpc) is 3.44. The summed E-state index contributed by atoms with van der Waals surface area (Å²) in [6.07, 6.45) is 3.60. The molecule has 3 saturated heterocycles. The maximum atomic E-state index is 13.4. The van der Waals surface area contributed by atoms with Gasteiger partial charge in [0.25, 0.3) is 5.79 Å². The number of carboxylic acid groups (broad SMARTS) is 1. The van der Waals surface area contributed by atoms with Crippen LogP contribution in [0.5, 0.6) is 0 Å². The normalized spacial score (nSPS) is 30.9. The van der Waals surface area contributed by atoms with Crippen molar-refractivity contribution >= 4 is 17.8 Å². The molecule has 14 N–H and O–H groups in total. The molecular formula is C58H106N2O21. The van der Waals surface area contributed by atoms with Crippen LogP contribution in [-0.4, -0.2) is 215 Å². The van der Waals surface area contributed by atoms with E-state index in [1.54, 1.807) is 6.08 Å². The van der Waals surface area contributed by atoms with Gasteiger partial charge >= 0.3 is 5.97 Å². The molecule has 2 amide bonds. The molecule has 0 aromatic rings. The van der Waals surface area contributed by atoms with Gasteiger partial charge in [0.2, 0.25) is 11.8 Å². The minimum absolute atomic E-state index is 0.189. The second kappa shape index (κ2) is 40.0. The Morgan fingerprint density at radius 2 is 1.22 bits per heavy atom. The highest BCUT2D eigenvalue weighted by atomic mass is 16.7. The highest BCUT2D eigenvalue weighted by Crippen LogP contribution is 2.35. The predicted octanol–water partition coefficient (Wildman–Crippen LogP) is 2.63. The first-order chi connectivity index (χ1) is 38.7. The summed E-state index contributed by atoms with van der Waals surface area (Å²) < 4.78 is 33.7. The number of hydrogen-bond donors (Lipinski definition) is 14. The maximum Gasteiger partial charge on any atom is 0.364 e. The molecule has 3 heterocycles. The van der Waals surface area contributed by atoms with Crippen molar-refractivity contribution in [3.63, 3.8) is 0 Å². The summed E-state index contributed by atoms with van der Waals surface area (Å²) in [6, 6.07) is -2.79. The Labute approximate surface area is 480 Å². The number of aliphatic hydroxyl groups is 11. The van der Waals surface area contributed by atoms with Gasteiger partial charge < -0.3 is 100 Å². The van der Waals surface area contributed by atoms with Crippen LogP contribution in [0.1, 0.15) is 195 Å². The topological polar surface area (TPSA) is 373 Å². The lowest BCUT2D eigenvalue weighted by molar-refractivity contribution is -0.339. The summed E-state index contributed by atoms with van der Waals surface area (Å²) >= 11 is 0. The maximum absolute atomic E-state index is 13.4. The number of nitrogens with one attached hydrogen (secondary N) is 2. The Bertz CT molecular complexity index is 1740. The molecule has 0 bridgehead atoms. The van der Waals surface area contributed by atoms with Crippen LogP contribution in [0.2, 0.25) is 0 Å². The second-order valence-corrected chi connectivity index (χ2v) is 22.9. The standard InChI is InChI=1S/C58H106N2O21/c1-5-7-8-9-10-11-12-13-14-15-16-17-22-25-28-31-44(65)59-39(40(62)30-27-24-21-19-18-20-23-26-29-37(3)6-2)34-76-56-53(73)51(71)49(69)43(80-56)35-78-58(57(74)75)32-41(63)46(54(81-58)48(68)42(64)33-61)60-45(66)36-77-55-52(72)50(70)47(67)38(4)79-55/h27,30,37-43,46-56,61-64,67-73H,5-26,28-29,31-36H2,1-4H3,(H,59,65)(H,60,66)(H,74,75)/b30-27-/t37?,38-,39-,40+,41-,42+,43+,46+,47+,48+,49+,50+,51-,52-,53+,54+,55-,56+,58+/m0/s1. The van der Waals surface area contributed by atoms with Crippen molar-refractivity contribution in [2.75, 3.05) is 26.4 Å². The van der Waals surface area contributed by atoms with Gasteiger partial charge in [-0.2, -0.15) is 0 Å². The van der Waals surface area contributed by atoms with Crippen molar-refractivity contribution in [2.45, 2.75) is 304 Å². The summed E-state index contributed by atoms with van der Waals surface area (Å²) in [6.45, 7) is 4.68. The van der Waals surface area contributed by atoms with E-state index in [1.807, 2.05) is 6.08 Å². The number of rotatable bonds is 43. The molecule has 23 heteroatoms. The van der Waals surface area contributed by atoms with E-state index in [9.17, 15) is 75.7 Å². The number of aliphatic hydroxyl groups excluding tert-OH is 11. The number of aliphatic carboxylic acids is 1. The van der Waals surface area contributed by atoms with Crippen molar-refractivity contribution in [3.05, 3.63) is 12.2 Å². The minimum atomic E-state index is -2.93. The van der Waals surface area contributed by atoms with E-state index in [0.29, 0.717) is 12.8 Å². The van der Waals surface area contributed by atoms with Crippen LogP contribution in [-0.2, 0) is 42.8 Å². The molecule has 3 fully saturated rings. The van der Waals surface area contributed by atoms with Crippen molar-refractivity contribution in [1.29, 1.82) is 0 Å². The number of carbonyl (C=O) groups is 3. The SMILES string of the molecule is CCCCCCCCCCCCCCCCCC(=O)N[C@@H](CO[C@@H]1O[C@H](CO[C@]2(C(=O)O)C[C@H](O)[C@@H](NC(=O)CO[C@H]3O[C@@H](C)[C@@H](O)[C@@H](O)[C@@H]3O)[C@H]([C@H](O)[C@H](O)CO)O2)[C@@H](O)[C@H](O)[C@H]1O)[C@H](O)/C=C\CCCCCCCCC(C)CC. The van der Waals surface area contributed by atoms with E-state index in [4.69, 9.17) is 28.4 Å². The number of carbonyl (C=O) groups excluding carboxylic acids is 2. The van der Waals surface area contributed by atoms with Crippen molar-refractivity contribution < 1.29 is 104 Å². The van der Waals surface area contributed by atoms with Crippen LogP contribution in [0.15, 0.2) is 12.2 Å². The lowest BCUT2D eigenvalue weighted by Crippen LogP contribution is -2.69. The van der Waals surface area contributed by atoms with Crippen molar-refractivity contribution in [1.82, 2.24) is 10.6 Å². The zero-order valence-corrected chi connectivity index (χ0v) is 48.8. The molecule has 3 aliphatic rings. The van der Waals surface area contributed by atoms with Gasteiger partial charge in [0.15, 0.2) is 12.6 Å². The molecule has 1 unspecified atom stereocenters. The lowest BCUT2D eigenvalue weighted by atomic mass is 9.88. The molecule has 19 atom stereocenters. The minimum Gasteiger partial charge on any atom is -0.477 e. The monoisotopic (exact) mass is 1170 g/mol. The molecule has 0 aromatic carbocycles. The highest BCUT2D eigenvalue weighted by molar-refractivity contribution is 5.78. The Morgan fingerprint density at radius 1 is 0.679 bits per heavy atom. The first kappa shape index (κ1) is 72.7. The molecule has 0 aromatic heterocycles. The number of ether oxygens (including phenoxy) is 6. The summed E-state index contributed by atoms with van der Waals surface area (Å²) in [4.78, 5) is 39.5. The quantitative estimate of drug-likeness (QED) is 0.0308. The summed E-state index contributed by atoms with van der Waals surface area (Å²) in [7, 11) is 0. The van der Waals surface area contributed by atoms with Gasteiger partial charge in [0.05, 0.1) is 50.2 Å². The van der Waals surface area contributed by atoms with E-state index in [2.05, 4.69) is 31.4 Å². The third kappa shape index (κ3) is 25.5. The zero-order valence-electron chi connectivity index (χ0n) is 48.8. The third-order valence-electron chi connectivity index (χ3n) is 16.0. The fraction of sp³-hybridized carbons (Fsp3) is 0.914. The highest BCUT2D eigenvalue weighted by Gasteiger charge is 2.57. The van der Waals surface area contributed by atoms with Crippen LogP contribution in [0.3, 0.4) is 0 Å². The lowest BCUT2D eigenvalue weighted by Gasteiger charge is -2.47. The number of amides is 2. The molecule has 0 spiro atoms. The largest absolute Gasteiger partial charge is 0.477 e. The van der Waals surface area contributed by atoms with Crippen LogP contribution in [0.25, 0.3) is 0 Å². The van der Waals surface area contributed by atoms with E-state index in [-0.39, 0.29) is 12.3 Å². The fourth-order valence-electron chi connectivity index (χ4n) is 10.4. The van der Waals surface area contributed by atoms with Gasteiger partial charge in [-0.3, -0.25) is 9.59 Å². The molecule has 81 heavy (non-hydrogen) atoms. The zero-order chi connectivity index (χ0) is 59.9. The van der Waals surface area contributed by atoms with Gasteiger partial charge in [0, 0.05) is 12.8 Å². The van der Waals surface area contributed by atoms with E-state index in [0.717, 1.165) is 57.3 Å². The number of hydrogen-bond acceptors (Lipinski definition) is 20. The summed E-state index contributed by atoms with van der Waals surface area (Å²) in [5.74, 6) is -5.49. The summed E-state index contributed by atoms with van der Waals surface area (Å²) in [5.41, 5.74) is 0. The molecule has 0 aliphatic carbocycles. The molecular weight excluding hydrogens is 1060 g/mol. The predicted molar refractivity (Wildman–Crippen MR) is 297 cm³/mol. The van der Waals surface area contributed by atoms with Gasteiger partial charge in [-0.25, -0.2) is 4.79 Å². The summed E-state index contributed by atoms with van der Waals surface area (Å²) in [5, 5.41) is 133. The Morgan fingerprint density at radius 3 is 1.79 bits per heavy atom. The molecule has 474 valence electrons. The smallest absolute Gasteiger partial charge is 0.364 e. The van der Waals surface area contributed by atoms with Gasteiger partial charge in [-0.05, 0) is 32.1 Å². The third-order valence-corrected chi connectivity index (χ3v) is 16.0. The van der Waals surface area contributed by atoms with Crippen LogP contribution < -0.4 is 10.6 Å². The number of unbranched alkanes of at least 4 members (excludes halogenated alkanes) is 20. The van der Waals surface area contributed by atoms with Crippen LogP contribution in [0, 0.1) is 5.92 Å². The molecule has 3 aliphatic heterocycles. The first-order valence-electron chi connectivity index (χ1n) is 30.5. The van der Waals surface area contributed by atoms with Gasteiger partial charge in [0.1, 0.15) is 67.6 Å².